The van der Waals surface area contributed by atoms with Gasteiger partial charge in [0.15, 0.2) is 0 Å². The first-order valence-corrected chi connectivity index (χ1v) is 8.28. The number of nitrogens with zero attached hydrogens (tertiary/aromatic N) is 1. The van der Waals surface area contributed by atoms with E-state index in [-0.39, 0.29) is 18.5 Å². The molecule has 1 aliphatic heterocycles. The number of nitrogen functional groups attached to an aromatic ring is 1. The molecule has 2 aromatic rings. The van der Waals surface area contributed by atoms with Gasteiger partial charge in [0.05, 0.1) is 0 Å². The zero-order chi connectivity index (χ0) is 16.8. The smallest absolute Gasteiger partial charge is 0.410 e. The molecule has 25 heavy (non-hydrogen) atoms. The molecule has 3 rings (SSSR count). The number of anilines is 2. The van der Waals surface area contributed by atoms with E-state index < -0.39 is 0 Å². The van der Waals surface area contributed by atoms with E-state index in [2.05, 4.69) is 5.32 Å². The maximum Gasteiger partial charge on any atom is 0.410 e. The molecule has 1 heterocycles. The van der Waals surface area contributed by atoms with Crippen molar-refractivity contribution in [1.29, 1.82) is 0 Å². The second-order valence-electron chi connectivity index (χ2n) is 6.07. The number of benzene rings is 2. The van der Waals surface area contributed by atoms with E-state index in [1.54, 1.807) is 4.90 Å². The minimum atomic E-state index is -0.232. The third-order valence-electron chi connectivity index (χ3n) is 4.24. The second kappa shape index (κ2) is 9.18. The van der Waals surface area contributed by atoms with Crippen molar-refractivity contribution in [3.8, 4) is 0 Å². The Kier molecular flexibility index (Phi) is 6.95. The third kappa shape index (κ3) is 5.57. The average Bonchev–Trinajstić information content (AvgIpc) is 2.63. The zero-order valence-corrected chi connectivity index (χ0v) is 14.9. The molecule has 5 nitrogen and oxygen atoms in total. The van der Waals surface area contributed by atoms with E-state index in [0.717, 1.165) is 29.8 Å². The van der Waals surface area contributed by atoms with Crippen LogP contribution in [0.3, 0.4) is 0 Å². The van der Waals surface area contributed by atoms with Gasteiger partial charge >= 0.3 is 6.09 Å². The maximum absolute atomic E-state index is 12.1. The number of halogens is 1. The Morgan fingerprint density at radius 3 is 2.36 bits per heavy atom. The number of hydrogen-bond acceptors (Lipinski definition) is 4. The number of nitrogens with one attached hydrogen (secondary N) is 1. The van der Waals surface area contributed by atoms with Gasteiger partial charge in [-0.3, -0.25) is 0 Å². The quantitative estimate of drug-likeness (QED) is 0.810. The van der Waals surface area contributed by atoms with Crippen molar-refractivity contribution < 1.29 is 9.53 Å². The molecule has 6 heteroatoms. The van der Waals surface area contributed by atoms with Crippen LogP contribution in [0.2, 0.25) is 0 Å². The molecule has 0 bridgehead atoms. The Morgan fingerprint density at radius 2 is 1.72 bits per heavy atom. The van der Waals surface area contributed by atoms with Crippen LogP contribution in [0.25, 0.3) is 0 Å². The zero-order valence-electron chi connectivity index (χ0n) is 14.1. The first-order chi connectivity index (χ1) is 11.7. The van der Waals surface area contributed by atoms with Gasteiger partial charge in [-0.1, -0.05) is 30.3 Å². The molecule has 1 amide bonds. The fourth-order valence-electron chi connectivity index (χ4n) is 2.83. The second-order valence-corrected chi connectivity index (χ2v) is 6.07. The number of nitrogens with two attached hydrogens (primary N) is 1. The molecule has 134 valence electrons. The van der Waals surface area contributed by atoms with E-state index >= 15 is 0 Å². The van der Waals surface area contributed by atoms with Gasteiger partial charge < -0.3 is 20.7 Å². The van der Waals surface area contributed by atoms with E-state index in [4.69, 9.17) is 10.5 Å². The Hall–Kier alpha value is -2.40. The molecule has 3 N–H and O–H groups in total. The van der Waals surface area contributed by atoms with Gasteiger partial charge in [-0.05, 0) is 42.7 Å². The summed E-state index contributed by atoms with van der Waals surface area (Å²) in [4.78, 5) is 13.9. The van der Waals surface area contributed by atoms with Gasteiger partial charge in [0.2, 0.25) is 0 Å². The molecule has 0 aliphatic carbocycles. The Morgan fingerprint density at radius 1 is 1.08 bits per heavy atom. The summed E-state index contributed by atoms with van der Waals surface area (Å²) in [5.41, 5.74) is 8.53. The number of rotatable bonds is 4. The van der Waals surface area contributed by atoms with E-state index in [1.165, 1.54) is 0 Å². The van der Waals surface area contributed by atoms with Gasteiger partial charge in [-0.2, -0.15) is 0 Å². The fraction of sp³-hybridized carbons (Fsp3) is 0.316. The molecule has 0 radical (unpaired) electrons. The van der Waals surface area contributed by atoms with Crippen LogP contribution in [0.5, 0.6) is 0 Å². The van der Waals surface area contributed by atoms with Crippen LogP contribution < -0.4 is 11.1 Å². The monoisotopic (exact) mass is 361 g/mol. The van der Waals surface area contributed by atoms with Crippen LogP contribution >= 0.6 is 12.4 Å². The summed E-state index contributed by atoms with van der Waals surface area (Å²) in [5.74, 6) is 0. The lowest BCUT2D eigenvalue weighted by molar-refractivity contribution is 0.0882. The van der Waals surface area contributed by atoms with Gasteiger partial charge in [-0.25, -0.2) is 4.79 Å². The van der Waals surface area contributed by atoms with Crippen LogP contribution in [0.15, 0.2) is 54.6 Å². The van der Waals surface area contributed by atoms with Crippen LogP contribution in [-0.2, 0) is 11.3 Å². The SMILES string of the molecule is Cl.Nc1ccc(NC2CCN(C(=O)OCc3ccccc3)CC2)cc1. The molecule has 2 aromatic carbocycles. The highest BCUT2D eigenvalue weighted by molar-refractivity contribution is 5.85. The summed E-state index contributed by atoms with van der Waals surface area (Å²) < 4.78 is 5.39. The number of hydrogen-bond donors (Lipinski definition) is 2. The van der Waals surface area contributed by atoms with Crippen molar-refractivity contribution in [2.24, 2.45) is 0 Å². The van der Waals surface area contributed by atoms with Crippen molar-refractivity contribution >= 4 is 29.9 Å². The number of carbonyl (C=O) groups is 1. The predicted octanol–water partition coefficient (Wildman–Crippen LogP) is 3.90. The van der Waals surface area contributed by atoms with Crippen molar-refractivity contribution in [3.05, 3.63) is 60.2 Å². The largest absolute Gasteiger partial charge is 0.445 e. The van der Waals surface area contributed by atoms with Gasteiger partial charge in [0, 0.05) is 30.5 Å². The maximum atomic E-state index is 12.1. The Labute approximate surface area is 154 Å². The average molecular weight is 362 g/mol. The molecule has 1 fully saturated rings. The molecule has 0 saturated carbocycles. The molecule has 1 saturated heterocycles. The third-order valence-corrected chi connectivity index (χ3v) is 4.24. The molecular formula is C19H24ClN3O2. The number of carbonyl (C=O) groups excluding carboxylic acids is 1. The van der Waals surface area contributed by atoms with E-state index in [0.29, 0.717) is 25.7 Å². The Bertz CT molecular complexity index is 656. The normalized spacial score (nSPS) is 14.5. The minimum absolute atomic E-state index is 0. The fourth-order valence-corrected chi connectivity index (χ4v) is 2.83. The Balaban J connectivity index is 0.00000225. The molecule has 0 atom stereocenters. The van der Waals surface area contributed by atoms with Crippen molar-refractivity contribution in [3.63, 3.8) is 0 Å². The first-order valence-electron chi connectivity index (χ1n) is 8.28. The highest BCUT2D eigenvalue weighted by atomic mass is 35.5. The summed E-state index contributed by atoms with van der Waals surface area (Å²) in [6.45, 7) is 1.74. The van der Waals surface area contributed by atoms with Gasteiger partial charge in [0.1, 0.15) is 6.61 Å². The van der Waals surface area contributed by atoms with Crippen molar-refractivity contribution in [1.82, 2.24) is 4.90 Å². The highest BCUT2D eigenvalue weighted by Crippen LogP contribution is 2.18. The number of amides is 1. The summed E-state index contributed by atoms with van der Waals surface area (Å²) in [6, 6.07) is 17.8. The standard InChI is InChI=1S/C19H23N3O2.ClH/c20-16-6-8-17(9-7-16)21-18-10-12-22(13-11-18)19(23)24-14-15-4-2-1-3-5-15;/h1-9,18,21H,10-14,20H2;1H. The van der Waals surface area contributed by atoms with Gasteiger partial charge in [0.25, 0.3) is 0 Å². The molecular weight excluding hydrogens is 338 g/mol. The molecule has 0 spiro atoms. The molecule has 0 aromatic heterocycles. The summed E-state index contributed by atoms with van der Waals surface area (Å²) in [7, 11) is 0. The highest BCUT2D eigenvalue weighted by Gasteiger charge is 2.23. The molecule has 1 aliphatic rings. The lowest BCUT2D eigenvalue weighted by Gasteiger charge is -2.32. The van der Waals surface area contributed by atoms with Crippen LogP contribution in [0.1, 0.15) is 18.4 Å². The number of piperidine rings is 1. The van der Waals surface area contributed by atoms with Crippen LogP contribution in [0, 0.1) is 0 Å². The summed E-state index contributed by atoms with van der Waals surface area (Å²) in [5, 5.41) is 3.49. The van der Waals surface area contributed by atoms with Gasteiger partial charge in [-0.15, -0.1) is 12.4 Å². The topological polar surface area (TPSA) is 67.6 Å². The number of ether oxygens (including phenoxy) is 1. The lowest BCUT2D eigenvalue weighted by Crippen LogP contribution is -2.42. The predicted molar refractivity (Wildman–Crippen MR) is 103 cm³/mol. The van der Waals surface area contributed by atoms with Crippen LogP contribution in [-0.4, -0.2) is 30.1 Å². The van der Waals surface area contributed by atoms with Crippen molar-refractivity contribution in [2.75, 3.05) is 24.1 Å². The summed E-state index contributed by atoms with van der Waals surface area (Å²) in [6.07, 6.45) is 1.58. The minimum Gasteiger partial charge on any atom is -0.445 e. The van der Waals surface area contributed by atoms with E-state index in [1.807, 2.05) is 54.6 Å². The van der Waals surface area contributed by atoms with E-state index in [9.17, 15) is 4.79 Å². The summed E-state index contributed by atoms with van der Waals surface area (Å²) >= 11 is 0. The van der Waals surface area contributed by atoms with Crippen LogP contribution in [0.4, 0.5) is 16.2 Å². The lowest BCUT2D eigenvalue weighted by atomic mass is 10.0. The van der Waals surface area contributed by atoms with Crippen molar-refractivity contribution in [2.45, 2.75) is 25.5 Å². The first kappa shape index (κ1) is 18.9. The molecule has 0 unspecified atom stereocenters. The number of likely N-dealkylation sites (tertiary alicyclic amines) is 1.